The van der Waals surface area contributed by atoms with Crippen LogP contribution >= 0.6 is 0 Å². The van der Waals surface area contributed by atoms with Crippen molar-refractivity contribution in [3.8, 4) is 0 Å². The Bertz CT molecular complexity index is 558. The molecule has 0 aromatic carbocycles. The third kappa shape index (κ3) is 10.5. The summed E-state index contributed by atoms with van der Waals surface area (Å²) in [6.45, 7) is 5.93. The van der Waals surface area contributed by atoms with Crippen molar-refractivity contribution in [3.05, 3.63) is 4.13 Å². The summed E-state index contributed by atoms with van der Waals surface area (Å²) in [5, 5.41) is 0. The first-order valence-corrected chi connectivity index (χ1v) is 10.4. The van der Waals surface area contributed by atoms with E-state index in [0.717, 1.165) is 10.0 Å². The molecule has 0 saturated heterocycles. The molecule has 0 fully saturated rings. The Balaban J connectivity index is 0. The molecule has 0 spiro atoms. The molecule has 1 N–H and O–H groups in total. The van der Waals surface area contributed by atoms with E-state index in [1.807, 2.05) is 0 Å². The Morgan fingerprint density at radius 2 is 1.27 bits per heavy atom. The molecule has 1 unspecified atom stereocenters. The molecule has 0 radical (unpaired) electrons. The van der Waals surface area contributed by atoms with Crippen LogP contribution in [0.4, 0.5) is 26.3 Å². The molecule has 160 valence electrons. The van der Waals surface area contributed by atoms with Gasteiger partial charge in [-0.15, -0.1) is 0 Å². The van der Waals surface area contributed by atoms with Gasteiger partial charge < -0.3 is 9.03 Å². The maximum atomic E-state index is 11.4. The first-order valence-electron chi connectivity index (χ1n) is 7.57. The van der Waals surface area contributed by atoms with Crippen LogP contribution < -0.4 is 4.90 Å². The van der Waals surface area contributed by atoms with E-state index in [1.54, 1.807) is 4.90 Å². The summed E-state index contributed by atoms with van der Waals surface area (Å²) < 4.78 is 109. The highest BCUT2D eigenvalue weighted by atomic mass is 32.3. The first kappa shape index (κ1) is 27.6. The van der Waals surface area contributed by atoms with Crippen LogP contribution in [0.15, 0.2) is 0 Å². The van der Waals surface area contributed by atoms with Gasteiger partial charge in [0.05, 0.1) is 20.6 Å². The highest BCUT2D eigenvalue weighted by molar-refractivity contribution is 8.13. The second kappa shape index (κ2) is 10.7. The summed E-state index contributed by atoms with van der Waals surface area (Å²) in [5.41, 5.74) is -12.4. The van der Waals surface area contributed by atoms with Gasteiger partial charge >= 0.3 is 11.0 Å². The Hall–Kier alpha value is -0.600. The van der Waals surface area contributed by atoms with Gasteiger partial charge in [-0.25, -0.2) is 16.8 Å². The molecule has 0 amide bonds. The topological polar surface area (TPSA) is 86.8 Å². The number of unbranched alkanes of at least 4 members (excludes halogenated alkanes) is 1. The zero-order chi connectivity index (χ0) is 21.4. The predicted octanol–water partition coefficient (Wildman–Crippen LogP) is 2.41. The number of quaternary nitrogens is 1. The second-order valence-corrected chi connectivity index (χ2v) is 9.17. The summed E-state index contributed by atoms with van der Waals surface area (Å²) in [4.78, 5) is 1.59. The summed E-state index contributed by atoms with van der Waals surface area (Å²) in [6.07, 6.45) is 5.54. The smallest absolute Gasteiger partial charge is 0.421 e. The van der Waals surface area contributed by atoms with Gasteiger partial charge in [0, 0.05) is 5.92 Å². The van der Waals surface area contributed by atoms with E-state index in [9.17, 15) is 43.2 Å². The number of halogens is 6. The predicted molar refractivity (Wildman–Crippen MR) is 84.3 cm³/mol. The van der Waals surface area contributed by atoms with Crippen molar-refractivity contribution >= 4 is 20.0 Å². The quantitative estimate of drug-likeness (QED) is 0.590. The Kier molecular flexibility index (Phi) is 11.3. The number of nitrogens with one attached hydrogen (secondary N) is 1. The fourth-order valence-electron chi connectivity index (χ4n) is 1.73. The molecule has 14 heteroatoms. The monoisotopic (exact) mass is 438 g/mol. The molecule has 0 aromatic rings. The Morgan fingerprint density at radius 3 is 1.50 bits per heavy atom. The van der Waals surface area contributed by atoms with Gasteiger partial charge in [0.15, 0.2) is 20.0 Å². The van der Waals surface area contributed by atoms with Crippen molar-refractivity contribution in [3.63, 3.8) is 0 Å². The normalized spacial score (nSPS) is 14.7. The fourth-order valence-corrected chi connectivity index (χ4v) is 3.44. The molecule has 0 aliphatic carbocycles. The van der Waals surface area contributed by atoms with Crippen LogP contribution in [0.3, 0.4) is 0 Å². The van der Waals surface area contributed by atoms with Gasteiger partial charge in [0.2, 0.25) is 0 Å². The van der Waals surface area contributed by atoms with Crippen molar-refractivity contribution in [1.82, 2.24) is 0 Å². The highest BCUT2D eigenvalue weighted by Gasteiger charge is 2.46. The molecule has 26 heavy (non-hydrogen) atoms. The van der Waals surface area contributed by atoms with E-state index in [1.165, 1.54) is 32.2 Å². The third-order valence-corrected chi connectivity index (χ3v) is 5.76. The minimum Gasteiger partial charge on any atom is -0.421 e. The molecular formula is C12H24F6N2O4S2. The van der Waals surface area contributed by atoms with Crippen molar-refractivity contribution in [1.29, 1.82) is 0 Å². The van der Waals surface area contributed by atoms with Crippen LogP contribution in [0, 0.1) is 5.92 Å². The number of alkyl halides is 6. The average molecular weight is 438 g/mol. The van der Waals surface area contributed by atoms with Gasteiger partial charge in [-0.3, -0.25) is 0 Å². The highest BCUT2D eigenvalue weighted by Crippen LogP contribution is 2.36. The number of hydrogen-bond acceptors (Lipinski definition) is 4. The van der Waals surface area contributed by atoms with Gasteiger partial charge in [0.25, 0.3) is 0 Å². The Labute approximate surface area is 150 Å². The third-order valence-electron chi connectivity index (χ3n) is 3.02. The van der Waals surface area contributed by atoms with Gasteiger partial charge in [-0.2, -0.15) is 26.3 Å². The van der Waals surface area contributed by atoms with Crippen molar-refractivity contribution in [2.24, 2.45) is 5.92 Å². The Morgan fingerprint density at radius 1 is 0.885 bits per heavy atom. The lowest BCUT2D eigenvalue weighted by Gasteiger charge is -2.22. The summed E-state index contributed by atoms with van der Waals surface area (Å²) >= 11 is 0. The molecule has 0 aliphatic heterocycles. The standard InChI is InChI=1S/C10H23N.C2F6NO4S2/c1-5-7-8-10(6-2)9-11(3)4;3-1(4,5)14(10,11)9-15(12,13)2(6,7)8/h10H,5-9H2,1-4H3;/q;-1/p+1. The molecule has 1 atom stereocenters. The zero-order valence-corrected chi connectivity index (χ0v) is 16.4. The largest absolute Gasteiger partial charge is 0.480 e. The van der Waals surface area contributed by atoms with Crippen LogP contribution in [0.2, 0.25) is 0 Å². The van der Waals surface area contributed by atoms with Crippen LogP contribution in [0.1, 0.15) is 39.5 Å². The van der Waals surface area contributed by atoms with Crippen LogP contribution in [-0.2, 0) is 20.0 Å². The lowest BCUT2D eigenvalue weighted by Crippen LogP contribution is -3.06. The number of nitrogens with zero attached hydrogens (tertiary/aromatic N) is 1. The molecule has 6 nitrogen and oxygen atoms in total. The molecule has 0 saturated carbocycles. The van der Waals surface area contributed by atoms with Crippen LogP contribution in [-0.4, -0.2) is 48.5 Å². The maximum absolute atomic E-state index is 11.4. The SMILES string of the molecule is CCCCC(CC)C[NH+](C)C.O=S(=O)([N-]S(=O)(=O)C(F)(F)F)C(F)(F)F. The molecule has 0 rings (SSSR count). The van der Waals surface area contributed by atoms with Gasteiger partial charge in [-0.05, 0) is 12.8 Å². The molecule has 0 bridgehead atoms. The summed E-state index contributed by atoms with van der Waals surface area (Å²) in [5.74, 6) is 0.958. The van der Waals surface area contributed by atoms with Gasteiger partial charge in [0.1, 0.15) is 0 Å². The average Bonchev–Trinajstić information content (AvgIpc) is 2.40. The van der Waals surface area contributed by atoms with Crippen molar-refractivity contribution < 1.29 is 48.1 Å². The van der Waals surface area contributed by atoms with Crippen molar-refractivity contribution in [2.45, 2.75) is 50.5 Å². The lowest BCUT2D eigenvalue weighted by atomic mass is 9.99. The van der Waals surface area contributed by atoms with E-state index in [2.05, 4.69) is 27.9 Å². The first-order chi connectivity index (χ1) is 11.4. The van der Waals surface area contributed by atoms with Gasteiger partial charge in [-0.1, -0.05) is 26.7 Å². The number of rotatable bonds is 8. The van der Waals surface area contributed by atoms with Crippen LogP contribution in [0.5, 0.6) is 0 Å². The van der Waals surface area contributed by atoms with Crippen molar-refractivity contribution in [2.75, 3.05) is 20.6 Å². The zero-order valence-electron chi connectivity index (χ0n) is 14.8. The minimum absolute atomic E-state index is 0.778. The van der Waals surface area contributed by atoms with Crippen LogP contribution in [0.25, 0.3) is 4.13 Å². The molecule has 0 aromatic heterocycles. The van der Waals surface area contributed by atoms with E-state index >= 15 is 0 Å². The second-order valence-electron chi connectivity index (χ2n) is 5.74. The maximum Gasteiger partial charge on any atom is 0.480 e. The van der Waals surface area contributed by atoms with E-state index in [4.69, 9.17) is 0 Å². The van der Waals surface area contributed by atoms with E-state index in [0.29, 0.717) is 0 Å². The summed E-state index contributed by atoms with van der Waals surface area (Å²) in [6, 6.07) is 0. The van der Waals surface area contributed by atoms with E-state index < -0.39 is 31.1 Å². The number of sulfonamides is 2. The number of hydrogen-bond donors (Lipinski definition) is 1. The fraction of sp³-hybridized carbons (Fsp3) is 1.00. The minimum atomic E-state index is -6.72. The molecular weight excluding hydrogens is 414 g/mol. The van der Waals surface area contributed by atoms with E-state index in [-0.39, 0.29) is 0 Å². The molecule has 0 aliphatic rings. The summed E-state index contributed by atoms with van der Waals surface area (Å²) in [7, 11) is -8.95. The molecule has 0 heterocycles. The lowest BCUT2D eigenvalue weighted by molar-refractivity contribution is -0.862.